The maximum absolute atomic E-state index is 6.82. The molecule has 0 saturated heterocycles. The largest absolute Gasteiger partial charge is 0.353 e. The molecule has 10 unspecified atom stereocenters. The first-order chi connectivity index (χ1) is 25.4. The second-order valence-electron chi connectivity index (χ2n) is 18.4. The fraction of sp³-hybridized carbons (Fsp3) is 1.00. The van der Waals surface area contributed by atoms with Crippen LogP contribution in [0, 0.1) is 35.5 Å². The van der Waals surface area contributed by atoms with Crippen LogP contribution in [0.2, 0.25) is 0 Å². The van der Waals surface area contributed by atoms with Gasteiger partial charge in [-0.1, -0.05) is 191 Å². The van der Waals surface area contributed by atoms with E-state index in [1.54, 1.807) is 0 Å². The molecule has 0 aromatic carbocycles. The number of rotatable bonds is 40. The van der Waals surface area contributed by atoms with E-state index in [4.69, 9.17) is 14.2 Å². The molecule has 0 fully saturated rings. The Hall–Kier alpha value is 0.840. The van der Waals surface area contributed by atoms with Crippen LogP contribution in [0.15, 0.2) is 0 Å². The van der Waals surface area contributed by atoms with Crippen molar-refractivity contribution in [1.82, 2.24) is 0 Å². The summed E-state index contributed by atoms with van der Waals surface area (Å²) in [6.45, 7) is 25.4. The van der Waals surface area contributed by atoms with E-state index in [0.717, 1.165) is 87.2 Å². The van der Waals surface area contributed by atoms with Gasteiger partial charge in [0.25, 0.3) is 0 Å². The highest BCUT2D eigenvalue weighted by Crippen LogP contribution is 2.29. The predicted molar refractivity (Wildman–Crippen MR) is 244 cm³/mol. The van der Waals surface area contributed by atoms with Crippen LogP contribution in [-0.4, -0.2) is 35.4 Å². The molecular weight excluding hydrogens is 784 g/mol. The summed E-state index contributed by atoms with van der Waals surface area (Å²) in [5.74, 6) is 4.60. The van der Waals surface area contributed by atoms with Crippen LogP contribution in [-0.2, 0) is 14.2 Å². The minimum atomic E-state index is -0.157. The highest BCUT2D eigenvalue weighted by molar-refractivity contribution is 9.09. The van der Waals surface area contributed by atoms with Crippen LogP contribution in [0.4, 0.5) is 0 Å². The summed E-state index contributed by atoms with van der Waals surface area (Å²) >= 11 is 7.51. The quantitative estimate of drug-likeness (QED) is 0.0349. The van der Waals surface area contributed by atoms with E-state index in [1.807, 2.05) is 0 Å². The third kappa shape index (κ3) is 36.9. The Morgan fingerprint density at radius 3 is 0.981 bits per heavy atom. The summed E-state index contributed by atoms with van der Waals surface area (Å²) in [4.78, 5) is 1.23. The molecule has 3 nitrogen and oxygen atoms in total. The van der Waals surface area contributed by atoms with Crippen LogP contribution < -0.4 is 0 Å². The van der Waals surface area contributed by atoms with E-state index in [0.29, 0.717) is 9.65 Å². The van der Waals surface area contributed by atoms with Crippen LogP contribution in [0.25, 0.3) is 0 Å². The summed E-state index contributed by atoms with van der Waals surface area (Å²) < 4.78 is 20.0. The molecule has 0 heterocycles. The molecule has 0 N–H and O–H groups in total. The zero-order valence-corrected chi connectivity index (χ0v) is 40.7. The van der Waals surface area contributed by atoms with Crippen molar-refractivity contribution in [2.75, 3.05) is 13.2 Å². The van der Waals surface area contributed by atoms with Gasteiger partial charge in [0.1, 0.15) is 0 Å². The van der Waals surface area contributed by atoms with Gasteiger partial charge in [-0.2, -0.15) is 0 Å². The summed E-state index contributed by atoms with van der Waals surface area (Å²) in [5.41, 5.74) is 0. The van der Waals surface area contributed by atoms with Gasteiger partial charge in [0, 0.05) is 22.9 Å². The molecule has 0 aliphatic rings. The molecule has 0 saturated carbocycles. The molecule has 53 heavy (non-hydrogen) atoms. The monoisotopic (exact) mass is 879 g/mol. The zero-order valence-electron chi connectivity index (χ0n) is 37.6. The van der Waals surface area contributed by atoms with Crippen molar-refractivity contribution in [3.63, 3.8) is 0 Å². The standard InChI is InChI=1S/C48H96Br2O3/c1-11-13-15-17-19-21-23-31-51-47(29-25-27-39(3)33-41(5)35-43(7)37-45(9)49)53-48(52-32-24-22-20-18-16-14-12-2)30-26-28-40(4)34-42(6)36-44(8)38-46(10)50/h39-48H,11-38H2,1-10H3. The van der Waals surface area contributed by atoms with Crippen LogP contribution in [0.5, 0.6) is 0 Å². The molecule has 0 bridgehead atoms. The smallest absolute Gasteiger partial charge is 0.160 e. The van der Waals surface area contributed by atoms with Crippen molar-refractivity contribution in [3.8, 4) is 0 Å². The zero-order chi connectivity index (χ0) is 39.7. The molecule has 5 heteroatoms. The molecule has 0 aliphatic heterocycles. The molecule has 0 rings (SSSR count). The van der Waals surface area contributed by atoms with Gasteiger partial charge in [-0.15, -0.1) is 0 Å². The Bertz CT molecular complexity index is 688. The first kappa shape index (κ1) is 53.8. The lowest BCUT2D eigenvalue weighted by atomic mass is 9.86. The van der Waals surface area contributed by atoms with Crippen molar-refractivity contribution in [3.05, 3.63) is 0 Å². The molecule has 0 aromatic heterocycles. The van der Waals surface area contributed by atoms with Gasteiger partial charge >= 0.3 is 0 Å². The van der Waals surface area contributed by atoms with Gasteiger partial charge < -0.3 is 14.2 Å². The van der Waals surface area contributed by atoms with Gasteiger partial charge in [-0.05, 0) is 113 Å². The first-order valence-corrected chi connectivity index (χ1v) is 25.4. The Morgan fingerprint density at radius 2 is 0.642 bits per heavy atom. The minimum Gasteiger partial charge on any atom is -0.353 e. The normalized spacial score (nSPS) is 17.9. The Balaban J connectivity index is 5.24. The van der Waals surface area contributed by atoms with E-state index in [1.165, 1.54) is 128 Å². The SMILES string of the molecule is CCCCCCCCCOC(CCCC(C)CC(C)CC(C)CC(C)Br)OC(CCCC(C)CC(C)CC(C)CC(C)Br)OCCCCCCCCC. The van der Waals surface area contributed by atoms with Gasteiger partial charge in [-0.25, -0.2) is 0 Å². The molecule has 0 aliphatic carbocycles. The lowest BCUT2D eigenvalue weighted by molar-refractivity contribution is -0.250. The molecular formula is C48H96Br2O3. The molecule has 10 atom stereocenters. The second kappa shape index (κ2) is 37.1. The molecule has 0 aromatic rings. The fourth-order valence-electron chi connectivity index (χ4n) is 8.84. The van der Waals surface area contributed by atoms with Gasteiger partial charge in [0.05, 0.1) is 0 Å². The third-order valence-corrected chi connectivity index (χ3v) is 12.1. The number of hydrogen-bond acceptors (Lipinski definition) is 3. The van der Waals surface area contributed by atoms with Crippen LogP contribution in [0.1, 0.15) is 236 Å². The van der Waals surface area contributed by atoms with Crippen molar-refractivity contribution < 1.29 is 14.2 Å². The van der Waals surface area contributed by atoms with E-state index in [9.17, 15) is 0 Å². The number of alkyl halides is 2. The maximum Gasteiger partial charge on any atom is 0.160 e. The third-order valence-electron chi connectivity index (χ3n) is 11.4. The predicted octanol–water partition coefficient (Wildman–Crippen LogP) is 17.3. The minimum absolute atomic E-state index is 0.157. The van der Waals surface area contributed by atoms with E-state index in [-0.39, 0.29) is 12.6 Å². The van der Waals surface area contributed by atoms with E-state index < -0.39 is 0 Å². The van der Waals surface area contributed by atoms with Crippen LogP contribution in [0.3, 0.4) is 0 Å². The van der Waals surface area contributed by atoms with Crippen molar-refractivity contribution >= 4 is 31.9 Å². The molecule has 0 amide bonds. The van der Waals surface area contributed by atoms with Gasteiger partial charge in [0.15, 0.2) is 12.6 Å². The number of unbranched alkanes of at least 4 members (excludes halogenated alkanes) is 12. The lowest BCUT2D eigenvalue weighted by Gasteiger charge is -2.27. The number of hydrogen-bond donors (Lipinski definition) is 0. The fourth-order valence-corrected chi connectivity index (χ4v) is 10.1. The van der Waals surface area contributed by atoms with Gasteiger partial charge in [0.2, 0.25) is 0 Å². The maximum atomic E-state index is 6.82. The number of ether oxygens (including phenoxy) is 3. The summed E-state index contributed by atoms with van der Waals surface area (Å²) in [6.07, 6.45) is 32.6. The van der Waals surface area contributed by atoms with E-state index in [2.05, 4.69) is 101 Å². The second-order valence-corrected chi connectivity index (χ2v) is 21.6. The average molecular weight is 881 g/mol. The van der Waals surface area contributed by atoms with E-state index >= 15 is 0 Å². The first-order valence-electron chi connectivity index (χ1n) is 23.5. The Kier molecular flexibility index (Phi) is 37.7. The lowest BCUT2D eigenvalue weighted by Crippen LogP contribution is -2.28. The summed E-state index contributed by atoms with van der Waals surface area (Å²) in [6, 6.07) is 0. The highest BCUT2D eigenvalue weighted by Gasteiger charge is 2.21. The number of halogens is 2. The summed E-state index contributed by atoms with van der Waals surface area (Å²) in [5, 5.41) is 0. The molecule has 0 spiro atoms. The highest BCUT2D eigenvalue weighted by atomic mass is 79.9. The Morgan fingerprint density at radius 1 is 0.340 bits per heavy atom. The Labute approximate surface area is 351 Å². The van der Waals surface area contributed by atoms with Crippen molar-refractivity contribution in [1.29, 1.82) is 0 Å². The van der Waals surface area contributed by atoms with Crippen molar-refractivity contribution in [2.24, 2.45) is 35.5 Å². The van der Waals surface area contributed by atoms with Gasteiger partial charge in [-0.3, -0.25) is 0 Å². The average Bonchev–Trinajstić information content (AvgIpc) is 3.05. The van der Waals surface area contributed by atoms with Crippen LogP contribution >= 0.6 is 31.9 Å². The molecule has 320 valence electrons. The molecule has 0 radical (unpaired) electrons. The summed E-state index contributed by atoms with van der Waals surface area (Å²) in [7, 11) is 0. The topological polar surface area (TPSA) is 27.7 Å². The van der Waals surface area contributed by atoms with Crippen molar-refractivity contribution in [2.45, 2.75) is 258 Å².